The van der Waals surface area contributed by atoms with Crippen LogP contribution in [0.1, 0.15) is 28.8 Å². The van der Waals surface area contributed by atoms with E-state index >= 15 is 0 Å². The fourth-order valence-electron chi connectivity index (χ4n) is 3.19. The highest BCUT2D eigenvalue weighted by atomic mass is 16.4. The number of aliphatic carboxylic acids is 1. The van der Waals surface area contributed by atoms with Crippen LogP contribution in [-0.4, -0.2) is 40.0 Å². The van der Waals surface area contributed by atoms with E-state index in [2.05, 4.69) is 4.98 Å². The van der Waals surface area contributed by atoms with Crippen molar-refractivity contribution in [3.05, 3.63) is 45.7 Å². The van der Waals surface area contributed by atoms with Crippen molar-refractivity contribution in [2.75, 3.05) is 13.1 Å². The van der Waals surface area contributed by atoms with Gasteiger partial charge in [0.2, 0.25) is 0 Å². The monoisotopic (exact) mass is 314 g/mol. The Hall–Kier alpha value is -2.63. The van der Waals surface area contributed by atoms with Gasteiger partial charge in [0.25, 0.3) is 11.5 Å². The van der Waals surface area contributed by atoms with Gasteiger partial charge in [-0.15, -0.1) is 0 Å². The number of carboxylic acid groups (broad SMARTS) is 1. The van der Waals surface area contributed by atoms with Crippen LogP contribution in [0.2, 0.25) is 0 Å². The SMILES string of the molecule is Cc1c(C(=O)N2CCCC(C(=O)O)C2)c(=O)[nH]c2ccccc12. The zero-order valence-corrected chi connectivity index (χ0v) is 12.8. The number of nitrogens with zero attached hydrogens (tertiary/aromatic N) is 1. The Morgan fingerprint density at radius 1 is 1.30 bits per heavy atom. The summed E-state index contributed by atoms with van der Waals surface area (Å²) in [6.07, 6.45) is 1.19. The van der Waals surface area contributed by atoms with Gasteiger partial charge in [0.05, 0.1) is 5.92 Å². The molecule has 1 aliphatic rings. The minimum atomic E-state index is -0.897. The van der Waals surface area contributed by atoms with E-state index in [9.17, 15) is 14.4 Å². The summed E-state index contributed by atoms with van der Waals surface area (Å²) in [5, 5.41) is 9.97. The average molecular weight is 314 g/mol. The fraction of sp³-hybridized carbons (Fsp3) is 0.353. The molecule has 1 aromatic heterocycles. The Morgan fingerprint density at radius 2 is 2.04 bits per heavy atom. The Balaban J connectivity index is 2.01. The number of aromatic amines is 1. The van der Waals surface area contributed by atoms with Crippen LogP contribution in [-0.2, 0) is 4.79 Å². The molecule has 0 aliphatic carbocycles. The van der Waals surface area contributed by atoms with Crippen LogP contribution in [0.3, 0.4) is 0 Å². The van der Waals surface area contributed by atoms with Gasteiger partial charge >= 0.3 is 5.97 Å². The predicted molar refractivity (Wildman–Crippen MR) is 85.6 cm³/mol. The number of aryl methyl sites for hydroxylation is 1. The molecule has 1 atom stereocenters. The average Bonchev–Trinajstić information content (AvgIpc) is 2.55. The van der Waals surface area contributed by atoms with Crippen LogP contribution in [0.25, 0.3) is 10.9 Å². The summed E-state index contributed by atoms with van der Waals surface area (Å²) in [4.78, 5) is 40.5. The van der Waals surface area contributed by atoms with Gasteiger partial charge in [-0.05, 0) is 31.4 Å². The highest BCUT2D eigenvalue weighted by Gasteiger charge is 2.30. The third-order valence-corrected chi connectivity index (χ3v) is 4.45. The van der Waals surface area contributed by atoms with Crippen molar-refractivity contribution in [2.24, 2.45) is 5.92 Å². The van der Waals surface area contributed by atoms with E-state index in [1.165, 1.54) is 4.90 Å². The zero-order chi connectivity index (χ0) is 16.6. The lowest BCUT2D eigenvalue weighted by Gasteiger charge is -2.31. The number of para-hydroxylation sites is 1. The molecule has 1 amide bonds. The molecule has 2 N–H and O–H groups in total. The van der Waals surface area contributed by atoms with E-state index in [1.807, 2.05) is 18.2 Å². The number of benzene rings is 1. The van der Waals surface area contributed by atoms with E-state index < -0.39 is 17.4 Å². The van der Waals surface area contributed by atoms with Gasteiger partial charge in [0, 0.05) is 24.0 Å². The number of hydrogen-bond acceptors (Lipinski definition) is 3. The molecule has 23 heavy (non-hydrogen) atoms. The lowest BCUT2D eigenvalue weighted by atomic mass is 9.96. The van der Waals surface area contributed by atoms with Crippen LogP contribution in [0.15, 0.2) is 29.1 Å². The van der Waals surface area contributed by atoms with E-state index in [0.717, 1.165) is 5.39 Å². The standard InChI is InChI=1S/C17H18N2O4/c1-10-12-6-2-3-7-13(12)18-15(20)14(10)16(21)19-8-4-5-11(9-19)17(22)23/h2-3,6-7,11H,4-5,8-9H2,1H3,(H,18,20)(H,22,23). The molecule has 0 radical (unpaired) electrons. The lowest BCUT2D eigenvalue weighted by Crippen LogP contribution is -2.44. The van der Waals surface area contributed by atoms with Crippen molar-refractivity contribution >= 4 is 22.8 Å². The number of hydrogen-bond donors (Lipinski definition) is 2. The number of amides is 1. The lowest BCUT2D eigenvalue weighted by molar-refractivity contribution is -0.143. The number of H-pyrrole nitrogens is 1. The molecule has 2 aromatic rings. The Labute approximate surface area is 132 Å². The molecule has 6 nitrogen and oxygen atoms in total. The fourth-order valence-corrected chi connectivity index (χ4v) is 3.19. The molecular formula is C17H18N2O4. The minimum absolute atomic E-state index is 0.106. The van der Waals surface area contributed by atoms with E-state index in [0.29, 0.717) is 30.5 Å². The molecule has 2 heterocycles. The smallest absolute Gasteiger partial charge is 0.308 e. The molecule has 0 spiro atoms. The number of carbonyl (C=O) groups excluding carboxylic acids is 1. The second-order valence-corrected chi connectivity index (χ2v) is 5.93. The van der Waals surface area contributed by atoms with E-state index in [1.54, 1.807) is 13.0 Å². The number of aromatic nitrogens is 1. The summed E-state index contributed by atoms with van der Waals surface area (Å²) in [5.41, 5.74) is 0.999. The maximum Gasteiger partial charge on any atom is 0.308 e. The number of piperidine rings is 1. The van der Waals surface area contributed by atoms with Gasteiger partial charge in [0.1, 0.15) is 5.56 Å². The van der Waals surface area contributed by atoms with Gasteiger partial charge in [-0.3, -0.25) is 14.4 Å². The minimum Gasteiger partial charge on any atom is -0.481 e. The molecule has 0 bridgehead atoms. The summed E-state index contributed by atoms with van der Waals surface area (Å²) in [6.45, 7) is 2.39. The molecule has 1 aliphatic heterocycles. The molecule has 120 valence electrons. The van der Waals surface area contributed by atoms with Gasteiger partial charge < -0.3 is 15.0 Å². The Bertz CT molecular complexity index is 840. The van der Waals surface area contributed by atoms with Gasteiger partial charge in [-0.1, -0.05) is 18.2 Å². The number of nitrogens with one attached hydrogen (secondary N) is 1. The topological polar surface area (TPSA) is 90.5 Å². The number of pyridine rings is 1. The molecule has 1 fully saturated rings. The van der Waals surface area contributed by atoms with Crippen LogP contribution in [0.4, 0.5) is 0 Å². The van der Waals surface area contributed by atoms with Gasteiger partial charge in [-0.25, -0.2) is 0 Å². The van der Waals surface area contributed by atoms with Crippen molar-refractivity contribution < 1.29 is 14.7 Å². The molecule has 6 heteroatoms. The molecule has 0 saturated carbocycles. The van der Waals surface area contributed by atoms with Crippen molar-refractivity contribution in [1.29, 1.82) is 0 Å². The molecule has 1 saturated heterocycles. The van der Waals surface area contributed by atoms with Crippen LogP contribution in [0, 0.1) is 12.8 Å². The van der Waals surface area contributed by atoms with Crippen molar-refractivity contribution in [1.82, 2.24) is 9.88 Å². The first-order valence-corrected chi connectivity index (χ1v) is 7.62. The number of carboxylic acids is 1. The maximum absolute atomic E-state index is 12.8. The third kappa shape index (κ3) is 2.72. The highest BCUT2D eigenvalue weighted by Crippen LogP contribution is 2.21. The number of rotatable bonds is 2. The summed E-state index contributed by atoms with van der Waals surface area (Å²) < 4.78 is 0. The summed E-state index contributed by atoms with van der Waals surface area (Å²) in [5.74, 6) is -1.85. The first kappa shape index (κ1) is 15.3. The van der Waals surface area contributed by atoms with E-state index in [-0.39, 0.29) is 18.0 Å². The van der Waals surface area contributed by atoms with Crippen LogP contribution in [0.5, 0.6) is 0 Å². The molecular weight excluding hydrogens is 296 g/mol. The Kier molecular flexibility index (Phi) is 3.90. The van der Waals surface area contributed by atoms with Crippen molar-refractivity contribution in [2.45, 2.75) is 19.8 Å². The van der Waals surface area contributed by atoms with E-state index in [4.69, 9.17) is 5.11 Å². The largest absolute Gasteiger partial charge is 0.481 e. The van der Waals surface area contributed by atoms with Crippen LogP contribution < -0.4 is 5.56 Å². The highest BCUT2D eigenvalue weighted by molar-refractivity contribution is 6.00. The van der Waals surface area contributed by atoms with Crippen molar-refractivity contribution in [3.8, 4) is 0 Å². The second kappa shape index (κ2) is 5.87. The zero-order valence-electron chi connectivity index (χ0n) is 12.8. The molecule has 3 rings (SSSR count). The predicted octanol–water partition coefficient (Wildman–Crippen LogP) is 1.77. The van der Waals surface area contributed by atoms with Crippen LogP contribution >= 0.6 is 0 Å². The molecule has 1 unspecified atom stereocenters. The van der Waals surface area contributed by atoms with Crippen molar-refractivity contribution in [3.63, 3.8) is 0 Å². The first-order valence-electron chi connectivity index (χ1n) is 7.62. The quantitative estimate of drug-likeness (QED) is 0.884. The Morgan fingerprint density at radius 3 is 2.78 bits per heavy atom. The normalized spacial score (nSPS) is 18.1. The van der Waals surface area contributed by atoms with Gasteiger partial charge in [0.15, 0.2) is 0 Å². The summed E-state index contributed by atoms with van der Waals surface area (Å²) in [6, 6.07) is 7.32. The molecule has 1 aromatic carbocycles. The van der Waals surface area contributed by atoms with Gasteiger partial charge in [-0.2, -0.15) is 0 Å². The number of carbonyl (C=O) groups is 2. The summed E-state index contributed by atoms with van der Waals surface area (Å²) in [7, 11) is 0. The summed E-state index contributed by atoms with van der Waals surface area (Å²) >= 11 is 0. The third-order valence-electron chi connectivity index (χ3n) is 4.45. The first-order chi connectivity index (χ1) is 11.0. The maximum atomic E-state index is 12.8. The number of likely N-dealkylation sites (tertiary alicyclic amines) is 1. The second-order valence-electron chi connectivity index (χ2n) is 5.93. The number of fused-ring (bicyclic) bond motifs is 1.